The minimum Gasteiger partial charge on any atom is -1.00 e. The van der Waals surface area contributed by atoms with E-state index in [0.29, 0.717) is 10.3 Å². The molecule has 0 saturated carbocycles. The molecule has 1 aliphatic heterocycles. The molecule has 23 heavy (non-hydrogen) atoms. The summed E-state index contributed by atoms with van der Waals surface area (Å²) in [6.45, 7) is 18.4. The summed E-state index contributed by atoms with van der Waals surface area (Å²) in [5.41, 5.74) is 1.40. The van der Waals surface area contributed by atoms with E-state index in [1.165, 1.54) is 16.6 Å². The average Bonchev–Trinajstić information content (AvgIpc) is 2.85. The number of fused-ring (bicyclic) bond motifs is 1. The van der Waals surface area contributed by atoms with E-state index >= 15 is 0 Å². The Bertz CT molecular complexity index is 489. The number of allylic oxidation sites excluding steroid dienone is 1. The summed E-state index contributed by atoms with van der Waals surface area (Å²) in [5, 5.41) is 2.06. The van der Waals surface area contributed by atoms with Crippen LogP contribution in [0, 0.1) is 0 Å². The zero-order valence-corrected chi connectivity index (χ0v) is 18.4. The van der Waals surface area contributed by atoms with Crippen LogP contribution in [-0.2, 0) is 25.6 Å². The van der Waals surface area contributed by atoms with E-state index in [1.54, 1.807) is 0 Å². The van der Waals surface area contributed by atoms with Gasteiger partial charge in [0.1, 0.15) is 5.75 Å². The molecule has 134 valence electrons. The van der Waals surface area contributed by atoms with Crippen molar-refractivity contribution in [2.24, 2.45) is 0 Å². The number of ether oxygens (including phenoxy) is 1. The summed E-state index contributed by atoms with van der Waals surface area (Å²) < 4.78 is 5.92. The van der Waals surface area contributed by atoms with Crippen molar-refractivity contribution in [3.8, 4) is 5.75 Å². The number of benzene rings is 1. The van der Waals surface area contributed by atoms with Gasteiger partial charge >= 0.3 is 36.8 Å². The third kappa shape index (κ3) is 6.51. The normalized spacial score (nSPS) is 13.4. The number of rotatable bonds is 2. The summed E-state index contributed by atoms with van der Waals surface area (Å²) in [6, 6.07) is 6.70. The van der Waals surface area contributed by atoms with Crippen molar-refractivity contribution in [3.63, 3.8) is 0 Å². The zero-order valence-electron chi connectivity index (χ0n) is 15.2. The first-order chi connectivity index (χ1) is 10.1. The minimum absolute atomic E-state index is 0. The van der Waals surface area contributed by atoms with Gasteiger partial charge in [0.2, 0.25) is 0 Å². The van der Waals surface area contributed by atoms with Crippen LogP contribution in [0.1, 0.15) is 47.1 Å². The monoisotopic (exact) mass is 446 g/mol. The van der Waals surface area contributed by atoms with E-state index in [0.717, 1.165) is 17.9 Å². The molecular weight excluding hydrogens is 417 g/mol. The van der Waals surface area contributed by atoms with Gasteiger partial charge in [0.05, 0.1) is 6.61 Å². The fraction of sp³-hybridized carbons (Fsp3) is 0.579. The van der Waals surface area contributed by atoms with Gasteiger partial charge in [0.25, 0.3) is 0 Å². The van der Waals surface area contributed by atoms with Crippen LogP contribution in [0.4, 0.5) is 0 Å². The van der Waals surface area contributed by atoms with Gasteiger partial charge in [0.15, 0.2) is 0 Å². The molecule has 0 aromatic heterocycles. The van der Waals surface area contributed by atoms with Gasteiger partial charge in [0, 0.05) is 11.7 Å². The van der Waals surface area contributed by atoms with E-state index in [-0.39, 0.29) is 20.3 Å². The Morgan fingerprint density at radius 1 is 1.17 bits per heavy atom. The molecule has 0 unspecified atom stereocenters. The molecule has 4 heteroatoms. The molecule has 0 spiro atoms. The second-order valence-electron chi connectivity index (χ2n) is 7.46. The van der Waals surface area contributed by atoms with Crippen LogP contribution in [0.2, 0.25) is 4.89 Å². The van der Waals surface area contributed by atoms with Gasteiger partial charge in [-0.25, -0.2) is 0 Å². The molecule has 1 aliphatic rings. The molecular formula is C19H30ClOPPd. The van der Waals surface area contributed by atoms with Crippen LogP contribution in [0.25, 0.3) is 0 Å². The molecule has 1 aromatic rings. The zero-order chi connectivity index (χ0) is 17.0. The fourth-order valence-corrected chi connectivity index (χ4v) is 7.21. The van der Waals surface area contributed by atoms with Crippen LogP contribution >= 0.6 is 7.92 Å². The Hall–Kier alpha value is 0.142. The molecule has 0 aliphatic carbocycles. The molecule has 0 bridgehead atoms. The van der Waals surface area contributed by atoms with Gasteiger partial charge < -0.3 is 17.1 Å². The first-order valence-electron chi connectivity index (χ1n) is 7.80. The molecule has 0 atom stereocenters. The average molecular weight is 447 g/mol. The van der Waals surface area contributed by atoms with E-state index < -0.39 is 0 Å². The van der Waals surface area contributed by atoms with Crippen LogP contribution in [0.15, 0.2) is 30.9 Å². The Balaban J connectivity index is 0.000000871. The predicted octanol–water partition coefficient (Wildman–Crippen LogP) is 2.47. The summed E-state index contributed by atoms with van der Waals surface area (Å²) in [6.07, 6.45) is 2.88. The summed E-state index contributed by atoms with van der Waals surface area (Å²) in [5.74, 6) is 1.19. The van der Waals surface area contributed by atoms with Crippen LogP contribution in [0.5, 0.6) is 5.75 Å². The Kier molecular flexibility index (Phi) is 9.64. The number of hydrogen-bond acceptors (Lipinski definition) is 1. The van der Waals surface area contributed by atoms with E-state index in [9.17, 15) is 0 Å². The van der Waals surface area contributed by atoms with E-state index in [1.807, 2.05) is 6.08 Å². The SMILES string of the molecule is C=C[CH2][Pd+].CC(C)(C)P(c1cccc2c1OCC2)C(C)(C)C.[Cl-]. The fourth-order valence-electron chi connectivity index (χ4n) is 3.10. The maximum atomic E-state index is 5.92. The molecule has 1 nitrogen and oxygen atoms in total. The van der Waals surface area contributed by atoms with Crippen LogP contribution in [0.3, 0.4) is 0 Å². The van der Waals surface area contributed by atoms with Gasteiger partial charge in [-0.05, 0) is 15.9 Å². The predicted molar refractivity (Wildman–Crippen MR) is 96.7 cm³/mol. The molecule has 2 rings (SSSR count). The maximum absolute atomic E-state index is 5.92. The topological polar surface area (TPSA) is 9.23 Å². The summed E-state index contributed by atoms with van der Waals surface area (Å²) in [4.78, 5) is 0.933. The smallest absolute Gasteiger partial charge is 0.130 e. The first-order valence-corrected chi connectivity index (χ1v) is 10.2. The quantitative estimate of drug-likeness (QED) is 0.385. The van der Waals surface area contributed by atoms with Crippen molar-refractivity contribution >= 4 is 13.2 Å². The Morgan fingerprint density at radius 3 is 2.13 bits per heavy atom. The molecule has 0 N–H and O–H groups in total. The van der Waals surface area contributed by atoms with Gasteiger partial charge in [-0.15, -0.1) is 0 Å². The van der Waals surface area contributed by atoms with Crippen molar-refractivity contribution in [2.45, 2.75) is 63.2 Å². The molecule has 0 amide bonds. The van der Waals surface area contributed by atoms with Crippen molar-refractivity contribution in [1.29, 1.82) is 0 Å². The molecule has 1 heterocycles. The maximum Gasteiger partial charge on any atom is 0.130 e. The van der Waals surface area contributed by atoms with E-state index in [2.05, 4.69) is 85.5 Å². The third-order valence-electron chi connectivity index (χ3n) is 3.37. The van der Waals surface area contributed by atoms with Crippen LogP contribution < -0.4 is 22.4 Å². The van der Waals surface area contributed by atoms with Crippen LogP contribution in [-0.4, -0.2) is 16.9 Å². The molecule has 0 radical (unpaired) electrons. The molecule has 1 aromatic carbocycles. The number of para-hydroxylation sites is 1. The van der Waals surface area contributed by atoms with Crippen molar-refractivity contribution in [2.75, 3.05) is 6.61 Å². The molecule has 0 saturated heterocycles. The first kappa shape index (κ1) is 23.1. The largest absolute Gasteiger partial charge is 1.00 e. The third-order valence-corrected chi connectivity index (χ3v) is 7.33. The van der Waals surface area contributed by atoms with E-state index in [4.69, 9.17) is 4.74 Å². The summed E-state index contributed by atoms with van der Waals surface area (Å²) in [7, 11) is -0.266. The minimum atomic E-state index is -0.266. The van der Waals surface area contributed by atoms with Crippen molar-refractivity contribution in [1.82, 2.24) is 0 Å². The van der Waals surface area contributed by atoms with Gasteiger partial charge in [-0.2, -0.15) is 0 Å². The van der Waals surface area contributed by atoms with Gasteiger partial charge in [-0.3, -0.25) is 0 Å². The number of hydrogen-bond donors (Lipinski definition) is 0. The van der Waals surface area contributed by atoms with Crippen molar-refractivity contribution < 1.29 is 36.3 Å². The van der Waals surface area contributed by atoms with Crippen molar-refractivity contribution in [3.05, 3.63) is 36.4 Å². The standard InChI is InChI=1S/C16H25OP.C3H5.ClH.Pd/c1-15(2,3)18(16(4,5)6)13-9-7-8-12-10-11-17-14(12)13;1-3-2;;/h7-9H,10-11H2,1-6H3;3H,1-2H2;1H;/q;;;+1/p-1. The molecule has 0 fully saturated rings. The Labute approximate surface area is 161 Å². The Morgan fingerprint density at radius 2 is 1.70 bits per heavy atom. The van der Waals surface area contributed by atoms with Gasteiger partial charge in [-0.1, -0.05) is 67.7 Å². The second kappa shape index (κ2) is 9.58. The second-order valence-corrected chi connectivity index (χ2v) is 11.9. The summed E-state index contributed by atoms with van der Waals surface area (Å²) >= 11 is 2.92. The number of halogens is 1.